The summed E-state index contributed by atoms with van der Waals surface area (Å²) in [7, 11) is 0. The first-order chi connectivity index (χ1) is 14.1. The molecule has 7 heteroatoms. The van der Waals surface area contributed by atoms with Crippen LogP contribution in [0.4, 0.5) is 4.39 Å². The number of carbonyl (C=O) groups is 1. The van der Waals surface area contributed by atoms with Crippen molar-refractivity contribution in [3.8, 4) is 0 Å². The van der Waals surface area contributed by atoms with Crippen molar-refractivity contribution in [3.05, 3.63) is 100 Å². The van der Waals surface area contributed by atoms with Crippen molar-refractivity contribution >= 4 is 16.8 Å². The lowest BCUT2D eigenvalue weighted by Gasteiger charge is -2.19. The predicted molar refractivity (Wildman–Crippen MR) is 108 cm³/mol. The lowest BCUT2D eigenvalue weighted by molar-refractivity contribution is 0.0943. The van der Waals surface area contributed by atoms with Gasteiger partial charge >= 0.3 is 0 Å². The van der Waals surface area contributed by atoms with Crippen LogP contribution >= 0.6 is 0 Å². The van der Waals surface area contributed by atoms with E-state index in [2.05, 4.69) is 19.9 Å². The van der Waals surface area contributed by atoms with E-state index >= 15 is 0 Å². The van der Waals surface area contributed by atoms with Gasteiger partial charge < -0.3 is 14.9 Å². The second-order valence-corrected chi connectivity index (χ2v) is 6.66. The Kier molecular flexibility index (Phi) is 4.95. The number of rotatable bonds is 5. The van der Waals surface area contributed by atoms with Crippen LogP contribution in [-0.2, 0) is 6.54 Å². The normalized spacial score (nSPS) is 12.1. The molecule has 4 rings (SSSR count). The largest absolute Gasteiger partial charge is 0.346 e. The van der Waals surface area contributed by atoms with Crippen molar-refractivity contribution in [1.29, 1.82) is 0 Å². The Balaban J connectivity index is 1.81. The molecule has 146 valence electrons. The molecule has 0 bridgehead atoms. The molecule has 1 atom stereocenters. The van der Waals surface area contributed by atoms with E-state index in [9.17, 15) is 14.0 Å². The van der Waals surface area contributed by atoms with Gasteiger partial charge in [-0.2, -0.15) is 0 Å². The molecule has 29 heavy (non-hydrogen) atoms. The van der Waals surface area contributed by atoms with Crippen LogP contribution in [0.25, 0.3) is 10.9 Å². The fourth-order valence-electron chi connectivity index (χ4n) is 3.42. The molecule has 0 fully saturated rings. The lowest BCUT2D eigenvalue weighted by atomic mass is 9.98. The number of aromatic amines is 1. The van der Waals surface area contributed by atoms with Crippen LogP contribution in [0.15, 0.2) is 72.0 Å². The minimum absolute atomic E-state index is 0.282. The third kappa shape index (κ3) is 3.67. The second kappa shape index (κ2) is 7.71. The van der Waals surface area contributed by atoms with Crippen molar-refractivity contribution in [2.45, 2.75) is 19.5 Å². The number of amides is 1. The van der Waals surface area contributed by atoms with Crippen molar-refractivity contribution in [1.82, 2.24) is 19.9 Å². The van der Waals surface area contributed by atoms with Gasteiger partial charge in [0, 0.05) is 42.2 Å². The number of benzene rings is 1. The number of fused-ring (bicyclic) bond motifs is 1. The summed E-state index contributed by atoms with van der Waals surface area (Å²) in [4.78, 5) is 30.9. The SMILES string of the molecule is CCn1cc(C(NC(=O)c2ccc(=O)[nH]c2)c2ccc(F)cc2)c2ccncc21. The van der Waals surface area contributed by atoms with Gasteiger partial charge in [-0.25, -0.2) is 4.39 Å². The molecular weight excluding hydrogens is 371 g/mol. The summed E-state index contributed by atoms with van der Waals surface area (Å²) in [6.07, 6.45) is 6.84. The van der Waals surface area contributed by atoms with Crippen molar-refractivity contribution in [2.24, 2.45) is 0 Å². The lowest BCUT2D eigenvalue weighted by Crippen LogP contribution is -2.29. The topological polar surface area (TPSA) is 79.8 Å². The average Bonchev–Trinajstić information content (AvgIpc) is 3.12. The summed E-state index contributed by atoms with van der Waals surface area (Å²) in [5.41, 5.74) is 2.63. The molecule has 4 aromatic rings. The smallest absolute Gasteiger partial charge is 0.253 e. The number of aryl methyl sites for hydroxylation is 1. The van der Waals surface area contributed by atoms with Gasteiger partial charge in [-0.1, -0.05) is 12.1 Å². The molecule has 0 aliphatic heterocycles. The molecule has 2 N–H and O–H groups in total. The van der Waals surface area contributed by atoms with E-state index in [1.54, 1.807) is 24.5 Å². The fourth-order valence-corrected chi connectivity index (χ4v) is 3.42. The number of hydrogen-bond acceptors (Lipinski definition) is 3. The maximum atomic E-state index is 13.5. The average molecular weight is 390 g/mol. The van der Waals surface area contributed by atoms with Crippen molar-refractivity contribution in [3.63, 3.8) is 0 Å². The third-order valence-electron chi connectivity index (χ3n) is 4.89. The first-order valence-corrected chi connectivity index (χ1v) is 9.24. The van der Waals surface area contributed by atoms with Crippen molar-refractivity contribution in [2.75, 3.05) is 0 Å². The summed E-state index contributed by atoms with van der Waals surface area (Å²) in [5, 5.41) is 3.97. The van der Waals surface area contributed by atoms with Crippen LogP contribution < -0.4 is 10.9 Å². The highest BCUT2D eigenvalue weighted by Gasteiger charge is 2.22. The van der Waals surface area contributed by atoms with E-state index in [1.165, 1.54) is 30.5 Å². The highest BCUT2D eigenvalue weighted by Crippen LogP contribution is 2.31. The molecule has 3 aromatic heterocycles. The van der Waals surface area contributed by atoms with Gasteiger partial charge in [0.15, 0.2) is 0 Å². The number of nitrogens with one attached hydrogen (secondary N) is 2. The second-order valence-electron chi connectivity index (χ2n) is 6.66. The standard InChI is InChI=1S/C22H19FN4O2/c1-2-27-13-18(17-9-10-24-12-19(17)27)21(14-3-6-16(23)7-4-14)26-22(29)15-5-8-20(28)25-11-15/h3-13,21H,2H2,1H3,(H,25,28)(H,26,29). The van der Waals surface area contributed by atoms with Gasteiger partial charge in [0.1, 0.15) is 5.82 Å². The van der Waals surface area contributed by atoms with Gasteiger partial charge in [0.25, 0.3) is 5.91 Å². The molecule has 0 radical (unpaired) electrons. The Labute approximate surface area is 166 Å². The predicted octanol–water partition coefficient (Wildman–Crippen LogP) is 3.40. The van der Waals surface area contributed by atoms with Crippen LogP contribution in [-0.4, -0.2) is 20.4 Å². The summed E-state index contributed by atoms with van der Waals surface area (Å²) in [5.74, 6) is -0.693. The summed E-state index contributed by atoms with van der Waals surface area (Å²) >= 11 is 0. The Morgan fingerprint density at radius 3 is 2.69 bits per heavy atom. The summed E-state index contributed by atoms with van der Waals surface area (Å²) in [6, 6.07) is 10.2. The van der Waals surface area contributed by atoms with Crippen LogP contribution in [0.3, 0.4) is 0 Å². The quantitative estimate of drug-likeness (QED) is 0.548. The molecule has 3 heterocycles. The first kappa shape index (κ1) is 18.6. The number of carbonyl (C=O) groups excluding carboxylic acids is 1. The number of halogens is 1. The van der Waals surface area contributed by atoms with Gasteiger partial charge in [-0.15, -0.1) is 0 Å². The summed E-state index contributed by atoms with van der Waals surface area (Å²) < 4.78 is 15.6. The van der Waals surface area contributed by atoms with Gasteiger partial charge in [0.2, 0.25) is 5.56 Å². The Morgan fingerprint density at radius 2 is 2.00 bits per heavy atom. The number of H-pyrrole nitrogens is 1. The number of nitrogens with zero attached hydrogens (tertiary/aromatic N) is 2. The fraction of sp³-hybridized carbons (Fsp3) is 0.136. The monoisotopic (exact) mass is 390 g/mol. The molecule has 0 saturated heterocycles. The molecule has 0 spiro atoms. The molecule has 0 saturated carbocycles. The van der Waals surface area contributed by atoms with Crippen LogP contribution in [0.2, 0.25) is 0 Å². The van der Waals surface area contributed by atoms with E-state index in [1.807, 2.05) is 19.2 Å². The first-order valence-electron chi connectivity index (χ1n) is 9.24. The van der Waals surface area contributed by atoms with E-state index in [0.717, 1.165) is 28.6 Å². The van der Waals surface area contributed by atoms with Gasteiger partial charge in [-0.05, 0) is 36.8 Å². The van der Waals surface area contributed by atoms with E-state index in [0.29, 0.717) is 5.56 Å². The Hall–Kier alpha value is -3.74. The molecule has 1 aromatic carbocycles. The minimum atomic E-state index is -0.507. The zero-order valence-corrected chi connectivity index (χ0v) is 15.7. The van der Waals surface area contributed by atoms with Gasteiger partial charge in [-0.3, -0.25) is 14.6 Å². The molecule has 0 aliphatic carbocycles. The number of aromatic nitrogens is 3. The Bertz CT molecular complexity index is 1210. The van der Waals surface area contributed by atoms with E-state index in [-0.39, 0.29) is 17.3 Å². The molecule has 1 unspecified atom stereocenters. The molecule has 1 amide bonds. The maximum Gasteiger partial charge on any atom is 0.253 e. The van der Waals surface area contributed by atoms with E-state index in [4.69, 9.17) is 0 Å². The van der Waals surface area contributed by atoms with Gasteiger partial charge in [0.05, 0.1) is 23.3 Å². The number of hydrogen-bond donors (Lipinski definition) is 2. The highest BCUT2D eigenvalue weighted by atomic mass is 19.1. The third-order valence-corrected chi connectivity index (χ3v) is 4.89. The van der Waals surface area contributed by atoms with Crippen molar-refractivity contribution < 1.29 is 9.18 Å². The zero-order chi connectivity index (χ0) is 20.4. The van der Waals surface area contributed by atoms with Crippen LogP contribution in [0, 0.1) is 5.82 Å². The zero-order valence-electron chi connectivity index (χ0n) is 15.7. The van der Waals surface area contributed by atoms with E-state index < -0.39 is 6.04 Å². The maximum absolute atomic E-state index is 13.5. The minimum Gasteiger partial charge on any atom is -0.346 e. The number of pyridine rings is 2. The molecule has 6 nitrogen and oxygen atoms in total. The Morgan fingerprint density at radius 1 is 1.21 bits per heavy atom. The summed E-state index contributed by atoms with van der Waals surface area (Å²) in [6.45, 7) is 2.77. The highest BCUT2D eigenvalue weighted by molar-refractivity contribution is 5.95. The van der Waals surface area contributed by atoms with Crippen LogP contribution in [0.1, 0.15) is 34.5 Å². The molecular formula is C22H19FN4O2. The molecule has 0 aliphatic rings. The van der Waals surface area contributed by atoms with Crippen LogP contribution in [0.5, 0.6) is 0 Å².